The quantitative estimate of drug-likeness (QED) is 0.0849. The molecule has 0 aliphatic carbocycles. The maximum Gasteiger partial charge on any atom is 0.158 e. The van der Waals surface area contributed by atoms with Gasteiger partial charge in [-0.05, 0) is 64.8 Å². The summed E-state index contributed by atoms with van der Waals surface area (Å²) in [7, 11) is 0. The van der Waals surface area contributed by atoms with Gasteiger partial charge in [-0.2, -0.15) is 0 Å². The number of fused-ring (bicyclic) bond motifs is 2. The Kier molecular flexibility index (Phi) is 13.3. The van der Waals surface area contributed by atoms with Crippen LogP contribution in [-0.2, 0) is 31.3 Å². The predicted octanol–water partition coefficient (Wildman–Crippen LogP) is 12.4. The number of allylic oxidation sites excluding steroid dienone is 2. The van der Waals surface area contributed by atoms with E-state index in [1.54, 1.807) is 25.2 Å². The van der Waals surface area contributed by atoms with Crippen molar-refractivity contribution >= 4 is 38.2 Å². The van der Waals surface area contributed by atoms with E-state index in [9.17, 15) is 4.79 Å². The van der Waals surface area contributed by atoms with Gasteiger partial charge in [0.1, 0.15) is 0 Å². The fraction of sp³-hybridized carbons (Fsp3) is 0.302. The van der Waals surface area contributed by atoms with E-state index in [0.717, 1.165) is 35.3 Å². The van der Waals surface area contributed by atoms with Gasteiger partial charge in [-0.3, -0.25) is 21.1 Å². The van der Waals surface area contributed by atoms with Gasteiger partial charge < -0.3 is 9.67 Å². The van der Waals surface area contributed by atoms with E-state index in [2.05, 4.69) is 129 Å². The van der Waals surface area contributed by atoms with E-state index in [1.807, 2.05) is 0 Å². The third kappa shape index (κ3) is 8.49. The maximum atomic E-state index is 10.5. The number of rotatable bonds is 10. The minimum Gasteiger partial charge on any atom is -0.512 e. The first kappa shape index (κ1) is 38.0. The third-order valence-electron chi connectivity index (χ3n) is 8.68. The van der Waals surface area contributed by atoms with E-state index in [0.29, 0.717) is 24.7 Å². The molecule has 4 nitrogen and oxygen atoms in total. The van der Waals surface area contributed by atoms with Gasteiger partial charge in [-0.25, -0.2) is 0 Å². The number of ketones is 1. The molecule has 1 N–H and O–H groups in total. The number of imidazole rings is 1. The molecule has 257 valence electrons. The van der Waals surface area contributed by atoms with Crippen molar-refractivity contribution in [3.8, 4) is 28.2 Å². The molecule has 0 amide bonds. The van der Waals surface area contributed by atoms with Gasteiger partial charge in [0.2, 0.25) is 0 Å². The number of nitrogens with zero attached hydrogens (tertiary/aromatic N) is 2. The summed E-state index contributed by atoms with van der Waals surface area (Å²) in [6, 6.07) is 31.0. The molecule has 49 heavy (non-hydrogen) atoms. The van der Waals surface area contributed by atoms with Gasteiger partial charge in [0.15, 0.2) is 5.78 Å². The molecule has 0 atom stereocenters. The molecule has 0 spiro atoms. The Labute approximate surface area is 309 Å². The summed E-state index contributed by atoms with van der Waals surface area (Å²) in [5, 5.41) is 13.7. The zero-order valence-electron chi connectivity index (χ0n) is 29.6. The first-order chi connectivity index (χ1) is 23.2. The van der Waals surface area contributed by atoms with Crippen LogP contribution in [0.2, 0.25) is 0 Å². The van der Waals surface area contributed by atoms with Crippen molar-refractivity contribution < 1.29 is 30.0 Å². The molecule has 0 unspecified atom stereocenters. The molecule has 0 saturated carbocycles. The summed E-state index contributed by atoms with van der Waals surface area (Å²) in [4.78, 5) is 15.8. The van der Waals surface area contributed by atoms with E-state index in [1.165, 1.54) is 49.7 Å². The molecule has 0 aliphatic rings. The van der Waals surface area contributed by atoms with E-state index >= 15 is 0 Å². The van der Waals surface area contributed by atoms with Gasteiger partial charge in [-0.15, -0.1) is 11.5 Å². The first-order valence-electron chi connectivity index (χ1n) is 17.2. The average Bonchev–Trinajstić information content (AvgIpc) is 3.69. The van der Waals surface area contributed by atoms with Gasteiger partial charge in [0, 0.05) is 44.7 Å². The Balaban J connectivity index is 0.000000478. The van der Waals surface area contributed by atoms with Gasteiger partial charge in [0.25, 0.3) is 0 Å². The number of aliphatic hydroxyl groups is 1. The molecule has 2 heterocycles. The van der Waals surface area contributed by atoms with Crippen LogP contribution in [0.1, 0.15) is 96.3 Å². The minimum absolute atomic E-state index is 0. The maximum absolute atomic E-state index is 10.5. The van der Waals surface area contributed by atoms with Crippen molar-refractivity contribution in [1.29, 1.82) is 0 Å². The van der Waals surface area contributed by atoms with Crippen molar-refractivity contribution in [1.82, 2.24) is 9.55 Å². The Hall–Kier alpha value is -3.83. The summed E-state index contributed by atoms with van der Waals surface area (Å²) in [6.07, 6.45) is 4.49. The van der Waals surface area contributed by atoms with Gasteiger partial charge in [-0.1, -0.05) is 131 Å². The van der Waals surface area contributed by atoms with Crippen LogP contribution in [-0.4, -0.2) is 20.4 Å². The number of para-hydroxylation sites is 2. The number of hydrogen-bond acceptors (Lipinski definition) is 4. The Morgan fingerprint density at radius 1 is 0.857 bits per heavy atom. The topological polar surface area (TPSA) is 55.1 Å². The van der Waals surface area contributed by atoms with Crippen LogP contribution >= 0.6 is 11.3 Å². The molecule has 6 heteroatoms. The van der Waals surface area contributed by atoms with Crippen LogP contribution in [0, 0.1) is 5.38 Å². The molecule has 6 aromatic rings. The number of thiophene rings is 1. The van der Waals surface area contributed by atoms with Crippen LogP contribution in [0.5, 0.6) is 0 Å². The summed E-state index contributed by atoms with van der Waals surface area (Å²) >= 11 is 1.69. The number of benzene rings is 4. The SMILES string of the molecule is CCC(=O)/C=C(\O)CC.CCCc1ccc2s[c-]c(-c3nc4ccccc4n3-c3c(C(C)C)cc(-c4ccccc4)cc3C(C)C)c2c1.[Ir]. The molecule has 0 saturated heterocycles. The number of carbonyl (C=O) groups is 1. The second-order valence-electron chi connectivity index (χ2n) is 12.9. The number of aliphatic hydroxyl groups excluding tert-OH is 1. The average molecular weight is 848 g/mol. The smallest absolute Gasteiger partial charge is 0.158 e. The monoisotopic (exact) mass is 848 g/mol. The summed E-state index contributed by atoms with van der Waals surface area (Å²) in [5.74, 6) is 1.81. The van der Waals surface area contributed by atoms with Crippen molar-refractivity contribution in [3.63, 3.8) is 0 Å². The van der Waals surface area contributed by atoms with Crippen molar-refractivity contribution in [2.45, 2.75) is 86.0 Å². The summed E-state index contributed by atoms with van der Waals surface area (Å²) in [6.45, 7) is 15.0. The van der Waals surface area contributed by atoms with Crippen LogP contribution in [0.25, 0.3) is 49.3 Å². The Morgan fingerprint density at radius 2 is 1.51 bits per heavy atom. The van der Waals surface area contributed by atoms with Crippen LogP contribution in [0.15, 0.2) is 96.8 Å². The van der Waals surface area contributed by atoms with Crippen LogP contribution in [0.4, 0.5) is 0 Å². The molecule has 0 bridgehead atoms. The van der Waals surface area contributed by atoms with Gasteiger partial charge >= 0.3 is 0 Å². The van der Waals surface area contributed by atoms with E-state index < -0.39 is 0 Å². The second-order valence-corrected chi connectivity index (χ2v) is 13.8. The van der Waals surface area contributed by atoms with E-state index in [4.69, 9.17) is 10.1 Å². The fourth-order valence-corrected chi connectivity index (χ4v) is 6.88. The van der Waals surface area contributed by atoms with Crippen molar-refractivity contribution in [3.05, 3.63) is 119 Å². The zero-order chi connectivity index (χ0) is 34.4. The molecule has 0 aliphatic heterocycles. The van der Waals surface area contributed by atoms with Gasteiger partial charge in [0.05, 0.1) is 22.6 Å². The number of carbonyl (C=O) groups excluding carboxylic acids is 1. The van der Waals surface area contributed by atoms with Crippen LogP contribution < -0.4 is 0 Å². The minimum atomic E-state index is -0.0191. The first-order valence-corrected chi connectivity index (χ1v) is 18.0. The van der Waals surface area contributed by atoms with Crippen molar-refractivity contribution in [2.75, 3.05) is 0 Å². The van der Waals surface area contributed by atoms with Crippen LogP contribution in [0.3, 0.4) is 0 Å². The Morgan fingerprint density at radius 3 is 2.12 bits per heavy atom. The Bertz CT molecular complexity index is 2020. The fourth-order valence-electron chi connectivity index (χ4n) is 6.06. The number of aryl methyl sites for hydroxylation is 1. The molecule has 0 fully saturated rings. The molecule has 2 aromatic heterocycles. The molecular formula is C43H47IrN2O2S-. The normalized spacial score (nSPS) is 11.6. The van der Waals surface area contributed by atoms with E-state index in [-0.39, 0.29) is 31.6 Å². The molecule has 4 aromatic carbocycles. The third-order valence-corrected chi connectivity index (χ3v) is 9.56. The standard InChI is InChI=1S/C36H35N2S.C7H12O2.Ir/c1-6-12-25-17-18-34-30(19-25)31(22-39-34)36-37-32-15-10-11-16-33(32)38(36)35-28(23(2)3)20-27(21-29(35)24(4)5)26-13-8-7-9-14-26;1-3-6(8)5-7(9)4-2;/h7-11,13-21,23-24H,6,12H2,1-5H3;5,8H,3-4H2,1-2H3;/q-1;;/b;6-5-;. The number of aromatic nitrogens is 2. The molecule has 6 rings (SSSR count). The largest absolute Gasteiger partial charge is 0.512 e. The van der Waals surface area contributed by atoms with Crippen molar-refractivity contribution in [2.24, 2.45) is 0 Å². The summed E-state index contributed by atoms with van der Waals surface area (Å²) < 4.78 is 3.69. The molecular weight excluding hydrogens is 801 g/mol. The molecule has 1 radical (unpaired) electrons. The predicted molar refractivity (Wildman–Crippen MR) is 205 cm³/mol. The second kappa shape index (κ2) is 17.2. The zero-order valence-corrected chi connectivity index (χ0v) is 32.8. The summed E-state index contributed by atoms with van der Waals surface area (Å²) in [5.41, 5.74) is 11.1. The number of hydrogen-bond donors (Lipinski definition) is 1.